The summed E-state index contributed by atoms with van der Waals surface area (Å²) in [5.74, 6) is 0.785. The van der Waals surface area contributed by atoms with Gasteiger partial charge in [-0.05, 0) is 56.3 Å². The molecule has 0 bridgehead atoms. The van der Waals surface area contributed by atoms with Crippen LogP contribution < -0.4 is 16.0 Å². The molecule has 2 aliphatic rings. The first kappa shape index (κ1) is 31.5. The second kappa shape index (κ2) is 16.3. The molecule has 1 saturated carbocycles. The molecule has 9 heteroatoms. The van der Waals surface area contributed by atoms with E-state index in [0.717, 1.165) is 50.8 Å². The van der Waals surface area contributed by atoms with Crippen LogP contribution in [-0.2, 0) is 15.1 Å². The van der Waals surface area contributed by atoms with Crippen LogP contribution in [0, 0.1) is 11.8 Å². The quantitative estimate of drug-likeness (QED) is 0.268. The molecule has 2 fully saturated rings. The van der Waals surface area contributed by atoms with E-state index in [9.17, 15) is 9.59 Å². The highest BCUT2D eigenvalue weighted by molar-refractivity contribution is 6.30. The van der Waals surface area contributed by atoms with Crippen LogP contribution in [-0.4, -0.2) is 70.0 Å². The highest BCUT2D eigenvalue weighted by atomic mass is 35.5. The number of carbonyl (C=O) groups is 2. The van der Waals surface area contributed by atoms with Crippen molar-refractivity contribution in [3.8, 4) is 0 Å². The number of halogens is 1. The van der Waals surface area contributed by atoms with Crippen LogP contribution in [0.15, 0.2) is 24.3 Å². The van der Waals surface area contributed by atoms with E-state index in [1.54, 1.807) is 0 Å². The molecule has 3 N–H and O–H groups in total. The Morgan fingerprint density at radius 1 is 1.18 bits per heavy atom. The molecule has 1 aromatic rings. The maximum absolute atomic E-state index is 13.6. The Balaban J connectivity index is 1.75. The number of nitrogens with zero attached hydrogens (tertiary/aromatic N) is 1. The molecular weight excluding hydrogens is 516 g/mol. The molecule has 1 aromatic carbocycles. The van der Waals surface area contributed by atoms with Gasteiger partial charge in [-0.2, -0.15) is 0 Å². The Labute approximate surface area is 239 Å². The molecule has 1 aliphatic carbocycles. The number of rotatable bonds is 13. The van der Waals surface area contributed by atoms with Gasteiger partial charge < -0.3 is 30.3 Å². The van der Waals surface area contributed by atoms with E-state index in [0.29, 0.717) is 30.6 Å². The van der Waals surface area contributed by atoms with Gasteiger partial charge in [0.05, 0.1) is 19.3 Å². The number of benzene rings is 1. The smallest absolute Gasteiger partial charge is 0.406 e. The summed E-state index contributed by atoms with van der Waals surface area (Å²) in [6, 6.07) is 8.02. The summed E-state index contributed by atoms with van der Waals surface area (Å²) < 4.78 is 11.4. The molecule has 220 valence electrons. The molecule has 0 aromatic heterocycles. The number of urea groups is 1. The summed E-state index contributed by atoms with van der Waals surface area (Å²) in [5, 5.41) is 10.0. The van der Waals surface area contributed by atoms with Crippen LogP contribution in [0.25, 0.3) is 0 Å². The lowest BCUT2D eigenvalue weighted by Gasteiger charge is -2.46. The molecule has 1 saturated heterocycles. The number of hydrogen-bond acceptors (Lipinski definition) is 5. The number of methoxy groups -OCH3 is 1. The van der Waals surface area contributed by atoms with Crippen LogP contribution in [0.1, 0.15) is 76.7 Å². The van der Waals surface area contributed by atoms with E-state index in [-0.39, 0.29) is 18.0 Å². The van der Waals surface area contributed by atoms with Gasteiger partial charge in [0.1, 0.15) is 0 Å². The second-order valence-corrected chi connectivity index (χ2v) is 11.6. The van der Waals surface area contributed by atoms with Crippen LogP contribution >= 0.6 is 11.6 Å². The summed E-state index contributed by atoms with van der Waals surface area (Å²) >= 11 is 6.45. The number of carbonyl (C=O) groups excluding carboxylic acids is 2. The molecule has 3 rings (SSSR count). The summed E-state index contributed by atoms with van der Waals surface area (Å²) in [6.07, 6.45) is 10.6. The van der Waals surface area contributed by atoms with Gasteiger partial charge in [0.2, 0.25) is 0 Å². The van der Waals surface area contributed by atoms with Gasteiger partial charge in [-0.15, -0.1) is 0 Å². The highest BCUT2D eigenvalue weighted by Gasteiger charge is 2.44. The zero-order chi connectivity index (χ0) is 28.1. The van der Waals surface area contributed by atoms with Gasteiger partial charge in [-0.1, -0.05) is 69.2 Å². The predicted octanol–water partition coefficient (Wildman–Crippen LogP) is 5.69. The average Bonchev–Trinajstić information content (AvgIpc) is 2.95. The molecule has 3 atom stereocenters. The lowest BCUT2D eigenvalue weighted by Crippen LogP contribution is -2.54. The zero-order valence-electron chi connectivity index (χ0n) is 24.1. The first-order valence-electron chi connectivity index (χ1n) is 14.8. The van der Waals surface area contributed by atoms with Crippen molar-refractivity contribution in [1.82, 2.24) is 20.9 Å². The van der Waals surface area contributed by atoms with E-state index in [4.69, 9.17) is 21.1 Å². The number of amides is 3. The molecule has 3 amide bonds. The van der Waals surface area contributed by atoms with Crippen LogP contribution in [0.2, 0.25) is 5.02 Å². The normalized spacial score (nSPS) is 20.6. The summed E-state index contributed by atoms with van der Waals surface area (Å²) in [7, 11) is 3.30. The number of hydrogen-bond donors (Lipinski definition) is 3. The standard InChI is InChI=1S/C30H49ClN4O4/c1-4-15-30(24-12-8-14-26(31)20-24,39-18-16-33-29(37)38-3)25-13-9-17-35(22-25)28(36)34-27(21-32-2)19-23-10-6-5-7-11-23/h8,12,14,20,23,25,27,32H,4-7,9-11,13,15-19,21-22H2,1-3H3,(H,33,37)(H,34,36)/t25?,27?,30-/m0/s1. The van der Waals surface area contributed by atoms with Gasteiger partial charge >= 0.3 is 12.1 Å². The molecule has 39 heavy (non-hydrogen) atoms. The summed E-state index contributed by atoms with van der Waals surface area (Å²) in [6.45, 7) is 4.94. The Hall–Kier alpha value is -2.03. The van der Waals surface area contributed by atoms with E-state index in [1.807, 2.05) is 30.1 Å². The predicted molar refractivity (Wildman–Crippen MR) is 156 cm³/mol. The monoisotopic (exact) mass is 564 g/mol. The zero-order valence-corrected chi connectivity index (χ0v) is 24.9. The Bertz CT molecular complexity index is 897. The molecule has 1 heterocycles. The molecule has 0 radical (unpaired) electrons. The summed E-state index contributed by atoms with van der Waals surface area (Å²) in [5.41, 5.74) is 0.399. The van der Waals surface area contributed by atoms with Crippen LogP contribution in [0.3, 0.4) is 0 Å². The maximum Gasteiger partial charge on any atom is 0.406 e. The molecule has 0 spiro atoms. The van der Waals surface area contributed by atoms with Crippen molar-refractivity contribution >= 4 is 23.7 Å². The molecule has 1 aliphatic heterocycles. The van der Waals surface area contributed by atoms with Gasteiger partial charge in [0.15, 0.2) is 0 Å². The average molecular weight is 565 g/mol. The summed E-state index contributed by atoms with van der Waals surface area (Å²) in [4.78, 5) is 27.1. The van der Waals surface area contributed by atoms with Crippen molar-refractivity contribution in [2.75, 3.05) is 46.9 Å². The second-order valence-electron chi connectivity index (χ2n) is 11.1. The largest absolute Gasteiger partial charge is 0.453 e. The van der Waals surface area contributed by atoms with Gasteiger partial charge in [0.25, 0.3) is 0 Å². The Morgan fingerprint density at radius 3 is 2.67 bits per heavy atom. The molecular formula is C30H49ClN4O4. The van der Waals surface area contributed by atoms with Crippen molar-refractivity contribution in [1.29, 1.82) is 0 Å². The Morgan fingerprint density at radius 2 is 1.97 bits per heavy atom. The van der Waals surface area contributed by atoms with Crippen LogP contribution in [0.5, 0.6) is 0 Å². The van der Waals surface area contributed by atoms with E-state index < -0.39 is 11.7 Å². The van der Waals surface area contributed by atoms with E-state index in [1.165, 1.54) is 39.2 Å². The minimum absolute atomic E-state index is 0.0135. The third kappa shape index (κ3) is 9.25. The van der Waals surface area contributed by atoms with Crippen molar-refractivity contribution in [3.05, 3.63) is 34.9 Å². The van der Waals surface area contributed by atoms with E-state index >= 15 is 0 Å². The van der Waals surface area contributed by atoms with Crippen molar-refractivity contribution in [2.24, 2.45) is 11.8 Å². The minimum Gasteiger partial charge on any atom is -0.453 e. The van der Waals surface area contributed by atoms with Gasteiger partial charge in [-0.3, -0.25) is 0 Å². The number of likely N-dealkylation sites (N-methyl/N-ethyl adjacent to an activating group) is 1. The minimum atomic E-state index is -0.622. The number of likely N-dealkylation sites (tertiary alicyclic amines) is 1. The molecule has 2 unspecified atom stereocenters. The number of alkyl carbamates (subject to hydrolysis) is 1. The van der Waals surface area contributed by atoms with Gasteiger partial charge in [0, 0.05) is 43.2 Å². The first-order valence-corrected chi connectivity index (χ1v) is 15.2. The van der Waals surface area contributed by atoms with Crippen molar-refractivity contribution in [2.45, 2.75) is 82.8 Å². The fraction of sp³-hybridized carbons (Fsp3) is 0.733. The number of ether oxygens (including phenoxy) is 2. The Kier molecular flexibility index (Phi) is 13.2. The van der Waals surface area contributed by atoms with Crippen molar-refractivity contribution in [3.63, 3.8) is 0 Å². The first-order chi connectivity index (χ1) is 18.9. The maximum atomic E-state index is 13.6. The number of nitrogens with one attached hydrogen (secondary N) is 3. The topological polar surface area (TPSA) is 91.9 Å². The van der Waals surface area contributed by atoms with Gasteiger partial charge in [-0.25, -0.2) is 9.59 Å². The van der Waals surface area contributed by atoms with Crippen molar-refractivity contribution < 1.29 is 19.1 Å². The number of piperidine rings is 1. The third-order valence-electron chi connectivity index (χ3n) is 8.34. The lowest BCUT2D eigenvalue weighted by atomic mass is 9.74. The molecule has 8 nitrogen and oxygen atoms in total. The van der Waals surface area contributed by atoms with E-state index in [2.05, 4.69) is 28.9 Å². The third-order valence-corrected chi connectivity index (χ3v) is 8.57. The fourth-order valence-corrected chi connectivity index (χ4v) is 6.70. The SMILES string of the molecule is CCC[C@](OCCNC(=O)OC)(c1cccc(Cl)c1)C1CCCN(C(=O)NC(CNC)CC2CCCCC2)C1. The lowest BCUT2D eigenvalue weighted by molar-refractivity contribution is -0.112. The highest BCUT2D eigenvalue weighted by Crippen LogP contribution is 2.43. The fourth-order valence-electron chi connectivity index (χ4n) is 6.51. The van der Waals surface area contributed by atoms with Crippen LogP contribution in [0.4, 0.5) is 9.59 Å².